The topological polar surface area (TPSA) is 20.3 Å². The van der Waals surface area contributed by atoms with Gasteiger partial charge in [-0.3, -0.25) is 4.79 Å². The molecular weight excluding hydrogens is 205 g/mol. The molecule has 0 radical (unpaired) electrons. The lowest BCUT2D eigenvalue weighted by Gasteiger charge is -2.23. The summed E-state index contributed by atoms with van der Waals surface area (Å²) < 4.78 is 13.4. The summed E-state index contributed by atoms with van der Waals surface area (Å²) in [6.45, 7) is 7.24. The highest BCUT2D eigenvalue weighted by Gasteiger charge is 2.17. The van der Waals surface area contributed by atoms with Crippen molar-refractivity contribution in [1.82, 2.24) is 4.90 Å². The molecular formula is C13H18FNO. The first kappa shape index (κ1) is 12.7. The molecule has 0 atom stereocenters. The maximum atomic E-state index is 13.4. The third kappa shape index (κ3) is 3.05. The molecule has 0 bridgehead atoms. The molecule has 16 heavy (non-hydrogen) atoms. The van der Waals surface area contributed by atoms with Gasteiger partial charge in [-0.15, -0.1) is 0 Å². The van der Waals surface area contributed by atoms with Crippen molar-refractivity contribution in [2.45, 2.75) is 20.8 Å². The number of hydrogen-bond acceptors (Lipinski definition) is 1. The Balaban J connectivity index is 2.87. The van der Waals surface area contributed by atoms with Crippen LogP contribution in [-0.2, 0) is 0 Å². The molecule has 0 heterocycles. The van der Waals surface area contributed by atoms with Crippen LogP contribution in [-0.4, -0.2) is 23.9 Å². The molecule has 0 spiro atoms. The average molecular weight is 223 g/mol. The minimum absolute atomic E-state index is 0.157. The van der Waals surface area contributed by atoms with Gasteiger partial charge in [0.05, 0.1) is 5.56 Å². The van der Waals surface area contributed by atoms with Crippen LogP contribution < -0.4 is 0 Å². The molecule has 2 nitrogen and oxygen atoms in total. The standard InChI is InChI=1S/C13H18FNO/c1-4-15(9-10(2)3)13(16)11-7-5-6-8-12(11)14/h5-8,10H,4,9H2,1-3H3. The van der Waals surface area contributed by atoms with Gasteiger partial charge in [-0.1, -0.05) is 26.0 Å². The van der Waals surface area contributed by atoms with Crippen LogP contribution in [0.2, 0.25) is 0 Å². The smallest absolute Gasteiger partial charge is 0.256 e. The molecule has 0 unspecified atom stereocenters. The number of benzene rings is 1. The fraction of sp³-hybridized carbons (Fsp3) is 0.462. The predicted molar refractivity (Wildman–Crippen MR) is 62.8 cm³/mol. The van der Waals surface area contributed by atoms with Crippen LogP contribution in [0, 0.1) is 11.7 Å². The number of amides is 1. The van der Waals surface area contributed by atoms with Crippen LogP contribution in [0.3, 0.4) is 0 Å². The quantitative estimate of drug-likeness (QED) is 0.768. The van der Waals surface area contributed by atoms with Gasteiger partial charge in [-0.2, -0.15) is 0 Å². The lowest BCUT2D eigenvalue weighted by atomic mass is 10.1. The molecule has 0 saturated heterocycles. The van der Waals surface area contributed by atoms with Gasteiger partial charge < -0.3 is 4.90 Å². The van der Waals surface area contributed by atoms with Crippen LogP contribution in [0.4, 0.5) is 4.39 Å². The fourth-order valence-electron chi connectivity index (χ4n) is 1.60. The van der Waals surface area contributed by atoms with E-state index < -0.39 is 5.82 Å². The van der Waals surface area contributed by atoms with Crippen molar-refractivity contribution < 1.29 is 9.18 Å². The third-order valence-corrected chi connectivity index (χ3v) is 2.36. The van der Waals surface area contributed by atoms with Gasteiger partial charge >= 0.3 is 0 Å². The molecule has 0 aromatic heterocycles. The van der Waals surface area contributed by atoms with Crippen molar-refractivity contribution in [2.75, 3.05) is 13.1 Å². The molecule has 1 amide bonds. The first-order chi connectivity index (χ1) is 7.56. The van der Waals surface area contributed by atoms with E-state index in [1.165, 1.54) is 12.1 Å². The zero-order chi connectivity index (χ0) is 12.1. The number of rotatable bonds is 4. The fourth-order valence-corrected chi connectivity index (χ4v) is 1.60. The molecule has 0 fully saturated rings. The van der Waals surface area contributed by atoms with Crippen molar-refractivity contribution in [3.8, 4) is 0 Å². The molecule has 0 aliphatic rings. The van der Waals surface area contributed by atoms with Crippen molar-refractivity contribution in [1.29, 1.82) is 0 Å². The second-order valence-electron chi connectivity index (χ2n) is 4.22. The van der Waals surface area contributed by atoms with Crippen LogP contribution >= 0.6 is 0 Å². The molecule has 88 valence electrons. The molecule has 0 aliphatic carbocycles. The van der Waals surface area contributed by atoms with Crippen LogP contribution in [0.15, 0.2) is 24.3 Å². The van der Waals surface area contributed by atoms with Gasteiger partial charge in [0.1, 0.15) is 5.82 Å². The van der Waals surface area contributed by atoms with Gasteiger partial charge in [0.2, 0.25) is 0 Å². The maximum absolute atomic E-state index is 13.4. The Labute approximate surface area is 96.1 Å². The van der Waals surface area contributed by atoms with Crippen molar-refractivity contribution in [2.24, 2.45) is 5.92 Å². The van der Waals surface area contributed by atoms with E-state index in [-0.39, 0.29) is 11.5 Å². The molecule has 1 aromatic carbocycles. The summed E-state index contributed by atoms with van der Waals surface area (Å²) in [5.74, 6) is -0.292. The van der Waals surface area contributed by atoms with Crippen molar-refractivity contribution in [3.63, 3.8) is 0 Å². The minimum atomic E-state index is -0.449. The van der Waals surface area contributed by atoms with E-state index in [1.54, 1.807) is 17.0 Å². The lowest BCUT2D eigenvalue weighted by Crippen LogP contribution is -2.34. The summed E-state index contributed by atoms with van der Waals surface area (Å²) in [6, 6.07) is 6.11. The number of carbonyl (C=O) groups excluding carboxylic acids is 1. The van der Waals surface area contributed by atoms with Gasteiger partial charge in [0, 0.05) is 13.1 Å². The third-order valence-electron chi connectivity index (χ3n) is 2.36. The first-order valence-corrected chi connectivity index (χ1v) is 5.60. The monoisotopic (exact) mass is 223 g/mol. The van der Waals surface area contributed by atoms with Gasteiger partial charge in [-0.25, -0.2) is 4.39 Å². The number of hydrogen-bond donors (Lipinski definition) is 0. The number of nitrogens with zero attached hydrogens (tertiary/aromatic N) is 1. The summed E-state index contributed by atoms with van der Waals surface area (Å²) in [5, 5.41) is 0. The Morgan fingerprint density at radius 3 is 2.50 bits per heavy atom. The number of halogens is 1. The Bertz CT molecular complexity index is 363. The van der Waals surface area contributed by atoms with Crippen LogP contribution in [0.5, 0.6) is 0 Å². The van der Waals surface area contributed by atoms with Crippen molar-refractivity contribution >= 4 is 5.91 Å². The summed E-state index contributed by atoms with van der Waals surface area (Å²) in [4.78, 5) is 13.7. The largest absolute Gasteiger partial charge is 0.339 e. The SMILES string of the molecule is CCN(CC(C)C)C(=O)c1ccccc1F. The molecule has 0 saturated carbocycles. The summed E-state index contributed by atoms with van der Waals surface area (Å²) in [6.07, 6.45) is 0. The highest BCUT2D eigenvalue weighted by Crippen LogP contribution is 2.11. The molecule has 0 N–H and O–H groups in total. The number of carbonyl (C=O) groups is 1. The van der Waals surface area contributed by atoms with E-state index in [4.69, 9.17) is 0 Å². The van der Waals surface area contributed by atoms with Gasteiger partial charge in [-0.05, 0) is 25.0 Å². The van der Waals surface area contributed by atoms with E-state index in [2.05, 4.69) is 0 Å². The molecule has 1 aromatic rings. The summed E-state index contributed by atoms with van der Waals surface area (Å²) in [5.41, 5.74) is 0.157. The van der Waals surface area contributed by atoms with Gasteiger partial charge in [0.15, 0.2) is 0 Å². The normalized spacial score (nSPS) is 10.6. The van der Waals surface area contributed by atoms with E-state index in [0.29, 0.717) is 19.0 Å². The van der Waals surface area contributed by atoms with Gasteiger partial charge in [0.25, 0.3) is 5.91 Å². The van der Waals surface area contributed by atoms with E-state index in [1.807, 2.05) is 20.8 Å². The Kier molecular flexibility index (Phi) is 4.47. The Hall–Kier alpha value is -1.38. The highest BCUT2D eigenvalue weighted by molar-refractivity contribution is 5.94. The van der Waals surface area contributed by atoms with Crippen LogP contribution in [0.25, 0.3) is 0 Å². The van der Waals surface area contributed by atoms with E-state index in [0.717, 1.165) is 0 Å². The maximum Gasteiger partial charge on any atom is 0.256 e. The minimum Gasteiger partial charge on any atom is -0.339 e. The zero-order valence-electron chi connectivity index (χ0n) is 10.0. The summed E-state index contributed by atoms with van der Waals surface area (Å²) >= 11 is 0. The lowest BCUT2D eigenvalue weighted by molar-refractivity contribution is 0.0741. The molecule has 1 rings (SSSR count). The first-order valence-electron chi connectivity index (χ1n) is 5.60. The second-order valence-corrected chi connectivity index (χ2v) is 4.22. The highest BCUT2D eigenvalue weighted by atomic mass is 19.1. The predicted octanol–water partition coefficient (Wildman–Crippen LogP) is 2.94. The van der Waals surface area contributed by atoms with E-state index >= 15 is 0 Å². The average Bonchev–Trinajstić information content (AvgIpc) is 2.25. The second kappa shape index (κ2) is 5.64. The molecule has 0 aliphatic heterocycles. The van der Waals surface area contributed by atoms with E-state index in [9.17, 15) is 9.18 Å². The zero-order valence-corrected chi connectivity index (χ0v) is 10.0. The summed E-state index contributed by atoms with van der Waals surface area (Å²) in [7, 11) is 0. The Morgan fingerprint density at radius 2 is 2.00 bits per heavy atom. The Morgan fingerprint density at radius 1 is 1.38 bits per heavy atom. The van der Waals surface area contributed by atoms with Crippen molar-refractivity contribution in [3.05, 3.63) is 35.6 Å². The van der Waals surface area contributed by atoms with Crippen LogP contribution in [0.1, 0.15) is 31.1 Å². The molecule has 3 heteroatoms.